The van der Waals surface area contributed by atoms with Crippen molar-refractivity contribution >= 4 is 21.6 Å². The molecule has 0 unspecified atom stereocenters. The zero-order valence-corrected chi connectivity index (χ0v) is 17.4. The lowest BCUT2D eigenvalue weighted by molar-refractivity contribution is -0.116. The van der Waals surface area contributed by atoms with Crippen molar-refractivity contribution in [2.75, 3.05) is 32.1 Å². The number of para-hydroxylation sites is 2. The first-order valence-electron chi connectivity index (χ1n) is 8.99. The van der Waals surface area contributed by atoms with Crippen molar-refractivity contribution in [1.29, 1.82) is 0 Å². The van der Waals surface area contributed by atoms with Gasteiger partial charge in [0.1, 0.15) is 11.5 Å². The van der Waals surface area contributed by atoms with E-state index in [0.29, 0.717) is 29.4 Å². The van der Waals surface area contributed by atoms with Crippen LogP contribution in [0, 0.1) is 6.92 Å². The molecule has 0 heterocycles. The van der Waals surface area contributed by atoms with E-state index < -0.39 is 15.9 Å². The maximum atomic E-state index is 13.0. The van der Waals surface area contributed by atoms with Crippen molar-refractivity contribution in [2.24, 2.45) is 0 Å². The maximum Gasteiger partial charge on any atom is 0.243 e. The minimum atomic E-state index is -3.82. The predicted octanol–water partition coefficient (Wildman–Crippen LogP) is 3.05. The molecule has 1 N–H and O–H groups in total. The second-order valence-electron chi connectivity index (χ2n) is 6.04. The van der Waals surface area contributed by atoms with E-state index in [1.54, 1.807) is 50.2 Å². The molecule has 0 atom stereocenters. The van der Waals surface area contributed by atoms with Gasteiger partial charge in [-0.2, -0.15) is 4.31 Å². The van der Waals surface area contributed by atoms with Gasteiger partial charge in [0.2, 0.25) is 15.9 Å². The molecule has 0 aliphatic rings. The standard InChI is InChI=1S/C20H26N2O5S/c1-5-22(28(24,25)16-11-12-18(26-4)15(3)13-16)14-20(23)21-17-9-7-8-10-19(17)27-6-2/h7-13H,5-6,14H2,1-4H3,(H,21,23). The first kappa shape index (κ1) is 21.7. The lowest BCUT2D eigenvalue weighted by atomic mass is 10.2. The van der Waals surface area contributed by atoms with Gasteiger partial charge in [0.05, 0.1) is 30.8 Å². The van der Waals surface area contributed by atoms with Crippen molar-refractivity contribution in [3.05, 3.63) is 48.0 Å². The number of nitrogens with zero attached hydrogens (tertiary/aromatic N) is 1. The summed E-state index contributed by atoms with van der Waals surface area (Å²) in [5, 5.41) is 2.72. The predicted molar refractivity (Wildman–Crippen MR) is 108 cm³/mol. The van der Waals surface area contributed by atoms with Crippen LogP contribution in [0.3, 0.4) is 0 Å². The number of sulfonamides is 1. The fraction of sp³-hybridized carbons (Fsp3) is 0.350. The molecule has 0 aromatic heterocycles. The molecule has 0 spiro atoms. The Bertz CT molecular complexity index is 928. The van der Waals surface area contributed by atoms with Crippen LogP contribution < -0.4 is 14.8 Å². The third-order valence-electron chi connectivity index (χ3n) is 4.14. The van der Waals surface area contributed by atoms with Crippen LogP contribution in [-0.4, -0.2) is 45.4 Å². The lowest BCUT2D eigenvalue weighted by Crippen LogP contribution is -2.37. The van der Waals surface area contributed by atoms with Crippen LogP contribution >= 0.6 is 0 Å². The molecule has 0 fully saturated rings. The molecular formula is C20H26N2O5S. The van der Waals surface area contributed by atoms with E-state index in [1.807, 2.05) is 6.92 Å². The van der Waals surface area contributed by atoms with E-state index in [9.17, 15) is 13.2 Å². The molecule has 2 rings (SSSR count). The summed E-state index contributed by atoms with van der Waals surface area (Å²) in [6.45, 7) is 5.62. The van der Waals surface area contributed by atoms with Crippen molar-refractivity contribution in [3.8, 4) is 11.5 Å². The Kier molecular flexibility index (Phi) is 7.42. The van der Waals surface area contributed by atoms with Crippen LogP contribution in [0.25, 0.3) is 0 Å². The Labute approximate surface area is 166 Å². The minimum absolute atomic E-state index is 0.121. The quantitative estimate of drug-likeness (QED) is 0.692. The molecule has 2 aromatic rings. The van der Waals surface area contributed by atoms with Crippen LogP contribution in [0.1, 0.15) is 19.4 Å². The summed E-state index contributed by atoms with van der Waals surface area (Å²) in [6.07, 6.45) is 0. The number of anilines is 1. The van der Waals surface area contributed by atoms with Gasteiger partial charge in [-0.05, 0) is 49.7 Å². The largest absolute Gasteiger partial charge is 0.496 e. The first-order chi connectivity index (χ1) is 13.3. The van der Waals surface area contributed by atoms with Crippen molar-refractivity contribution in [2.45, 2.75) is 25.7 Å². The normalized spacial score (nSPS) is 11.3. The number of ether oxygens (including phenoxy) is 2. The van der Waals surface area contributed by atoms with E-state index in [2.05, 4.69) is 5.32 Å². The number of benzene rings is 2. The van der Waals surface area contributed by atoms with Crippen molar-refractivity contribution < 1.29 is 22.7 Å². The molecule has 8 heteroatoms. The summed E-state index contributed by atoms with van der Waals surface area (Å²) in [4.78, 5) is 12.6. The highest BCUT2D eigenvalue weighted by Gasteiger charge is 2.26. The summed E-state index contributed by atoms with van der Waals surface area (Å²) >= 11 is 0. The molecule has 7 nitrogen and oxygen atoms in total. The topological polar surface area (TPSA) is 84.9 Å². The van der Waals surface area contributed by atoms with Gasteiger partial charge in [-0.3, -0.25) is 4.79 Å². The average molecular weight is 407 g/mol. The molecule has 2 aromatic carbocycles. The number of aryl methyl sites for hydroxylation is 1. The number of carbonyl (C=O) groups is 1. The molecule has 28 heavy (non-hydrogen) atoms. The number of likely N-dealkylation sites (N-methyl/N-ethyl adjacent to an activating group) is 1. The molecule has 0 aliphatic heterocycles. The Hall–Kier alpha value is -2.58. The van der Waals surface area contributed by atoms with Gasteiger partial charge in [0, 0.05) is 6.54 Å². The number of rotatable bonds is 9. The van der Waals surface area contributed by atoms with Crippen LogP contribution in [0.2, 0.25) is 0 Å². The molecule has 1 amide bonds. The monoisotopic (exact) mass is 406 g/mol. The molecule has 0 saturated heterocycles. The summed E-state index contributed by atoms with van der Waals surface area (Å²) in [7, 11) is -2.29. The second-order valence-corrected chi connectivity index (χ2v) is 7.98. The number of nitrogens with one attached hydrogen (secondary N) is 1. The van der Waals surface area contributed by atoms with Gasteiger partial charge < -0.3 is 14.8 Å². The number of carbonyl (C=O) groups excluding carboxylic acids is 1. The fourth-order valence-electron chi connectivity index (χ4n) is 2.73. The highest BCUT2D eigenvalue weighted by Crippen LogP contribution is 2.25. The number of methoxy groups -OCH3 is 1. The molecule has 152 valence electrons. The molecule has 0 radical (unpaired) electrons. The third-order valence-corrected chi connectivity index (χ3v) is 6.05. The van der Waals surface area contributed by atoms with E-state index >= 15 is 0 Å². The Morgan fingerprint density at radius 1 is 1.11 bits per heavy atom. The van der Waals surface area contributed by atoms with E-state index in [0.717, 1.165) is 4.31 Å². The summed E-state index contributed by atoms with van der Waals surface area (Å²) < 4.78 is 37.7. The molecule has 0 bridgehead atoms. The SMILES string of the molecule is CCOc1ccccc1NC(=O)CN(CC)S(=O)(=O)c1ccc(OC)c(C)c1. The Morgan fingerprint density at radius 2 is 1.82 bits per heavy atom. The van der Waals surface area contributed by atoms with Crippen LogP contribution in [0.5, 0.6) is 11.5 Å². The van der Waals surface area contributed by atoms with Crippen LogP contribution in [0.4, 0.5) is 5.69 Å². The zero-order valence-electron chi connectivity index (χ0n) is 16.6. The summed E-state index contributed by atoms with van der Waals surface area (Å²) in [6, 6.07) is 11.6. The average Bonchev–Trinajstić information content (AvgIpc) is 2.67. The number of amides is 1. The van der Waals surface area contributed by atoms with E-state index in [4.69, 9.17) is 9.47 Å². The molecular weight excluding hydrogens is 380 g/mol. The lowest BCUT2D eigenvalue weighted by Gasteiger charge is -2.21. The Balaban J connectivity index is 2.19. The summed E-state index contributed by atoms with van der Waals surface area (Å²) in [5.41, 5.74) is 1.21. The third kappa shape index (κ3) is 5.02. The molecule has 0 saturated carbocycles. The van der Waals surface area contributed by atoms with Crippen LogP contribution in [0.15, 0.2) is 47.4 Å². The van der Waals surface area contributed by atoms with Gasteiger partial charge in [0.25, 0.3) is 0 Å². The van der Waals surface area contributed by atoms with E-state index in [1.165, 1.54) is 13.2 Å². The van der Waals surface area contributed by atoms with E-state index in [-0.39, 0.29) is 18.0 Å². The Morgan fingerprint density at radius 3 is 2.43 bits per heavy atom. The zero-order chi connectivity index (χ0) is 20.7. The smallest absolute Gasteiger partial charge is 0.243 e. The van der Waals surface area contributed by atoms with Gasteiger partial charge in [0.15, 0.2) is 0 Å². The van der Waals surface area contributed by atoms with Crippen LogP contribution in [-0.2, 0) is 14.8 Å². The number of hydrogen-bond acceptors (Lipinski definition) is 5. The van der Waals surface area contributed by atoms with Gasteiger partial charge in [-0.25, -0.2) is 8.42 Å². The highest BCUT2D eigenvalue weighted by atomic mass is 32.2. The first-order valence-corrected chi connectivity index (χ1v) is 10.4. The fourth-order valence-corrected chi connectivity index (χ4v) is 4.22. The van der Waals surface area contributed by atoms with Crippen molar-refractivity contribution in [1.82, 2.24) is 4.31 Å². The highest BCUT2D eigenvalue weighted by molar-refractivity contribution is 7.89. The minimum Gasteiger partial charge on any atom is -0.496 e. The number of hydrogen-bond donors (Lipinski definition) is 1. The van der Waals surface area contributed by atoms with Gasteiger partial charge >= 0.3 is 0 Å². The van der Waals surface area contributed by atoms with Gasteiger partial charge in [-0.1, -0.05) is 19.1 Å². The van der Waals surface area contributed by atoms with Crippen molar-refractivity contribution in [3.63, 3.8) is 0 Å². The van der Waals surface area contributed by atoms with Gasteiger partial charge in [-0.15, -0.1) is 0 Å². The summed E-state index contributed by atoms with van der Waals surface area (Å²) in [5.74, 6) is 0.699. The second kappa shape index (κ2) is 9.57. The maximum absolute atomic E-state index is 13.0. The molecule has 0 aliphatic carbocycles.